The van der Waals surface area contributed by atoms with Gasteiger partial charge in [-0.1, -0.05) is 26.7 Å². The van der Waals surface area contributed by atoms with Crippen molar-refractivity contribution in [2.75, 3.05) is 13.2 Å². The zero-order chi connectivity index (χ0) is 22.6. The number of carbonyl (C=O) groups excluding carboxylic acids is 3. The average Bonchev–Trinajstić information content (AvgIpc) is 2.68. The molecular weight excluding hydrogens is 382 g/mol. The summed E-state index contributed by atoms with van der Waals surface area (Å²) in [5, 5.41) is 25.3. The molecule has 0 saturated heterocycles. The summed E-state index contributed by atoms with van der Waals surface area (Å²) in [5.74, 6) is -3.52. The maximum absolute atomic E-state index is 12.5. The lowest BCUT2D eigenvalue weighted by molar-refractivity contribution is -0.143. The molecule has 3 amide bonds. The predicted molar refractivity (Wildman–Crippen MR) is 107 cm³/mol. The Morgan fingerprint density at radius 1 is 0.966 bits per heavy atom. The number of carboxylic acid groups (broad SMARTS) is 1. The number of rotatable bonds is 14. The number of aliphatic carboxylic acids is 1. The third kappa shape index (κ3) is 9.68. The zero-order valence-electron chi connectivity index (χ0n) is 17.3. The summed E-state index contributed by atoms with van der Waals surface area (Å²) in [7, 11) is 0. The van der Waals surface area contributed by atoms with E-state index in [1.807, 2.05) is 6.92 Å². The van der Waals surface area contributed by atoms with Gasteiger partial charge in [-0.05, 0) is 32.2 Å². The van der Waals surface area contributed by atoms with Crippen LogP contribution in [0.1, 0.15) is 46.5 Å². The van der Waals surface area contributed by atoms with Gasteiger partial charge in [0.15, 0.2) is 0 Å². The number of aliphatic hydroxyl groups excluding tert-OH is 1. The van der Waals surface area contributed by atoms with Crippen molar-refractivity contribution < 1.29 is 29.4 Å². The van der Waals surface area contributed by atoms with Gasteiger partial charge in [-0.15, -0.1) is 0 Å². The van der Waals surface area contributed by atoms with Crippen LogP contribution in [-0.4, -0.2) is 71.2 Å². The minimum Gasteiger partial charge on any atom is -0.480 e. The van der Waals surface area contributed by atoms with Crippen molar-refractivity contribution in [1.82, 2.24) is 16.0 Å². The van der Waals surface area contributed by atoms with E-state index in [9.17, 15) is 19.2 Å². The Morgan fingerprint density at radius 3 is 2.07 bits per heavy atom. The highest BCUT2D eigenvalue weighted by atomic mass is 16.4. The van der Waals surface area contributed by atoms with E-state index in [2.05, 4.69) is 16.0 Å². The highest BCUT2D eigenvalue weighted by molar-refractivity contribution is 5.94. The normalized spacial score (nSPS) is 16.1. The first-order chi connectivity index (χ1) is 13.6. The molecule has 0 aliphatic rings. The van der Waals surface area contributed by atoms with Gasteiger partial charge in [0.05, 0.1) is 12.6 Å². The molecule has 5 unspecified atom stereocenters. The second-order valence-corrected chi connectivity index (χ2v) is 7.08. The van der Waals surface area contributed by atoms with E-state index in [1.54, 1.807) is 6.92 Å². The summed E-state index contributed by atoms with van der Waals surface area (Å²) >= 11 is 0. The molecule has 29 heavy (non-hydrogen) atoms. The molecule has 0 aromatic carbocycles. The highest BCUT2D eigenvalue weighted by Gasteiger charge is 2.31. The van der Waals surface area contributed by atoms with E-state index in [0.717, 1.165) is 6.42 Å². The first-order valence-electron chi connectivity index (χ1n) is 9.79. The van der Waals surface area contributed by atoms with Crippen LogP contribution >= 0.6 is 0 Å². The molecule has 0 rings (SSSR count). The van der Waals surface area contributed by atoms with Gasteiger partial charge in [-0.2, -0.15) is 0 Å². The number of unbranched alkanes of at least 4 members (excludes halogenated alkanes) is 1. The van der Waals surface area contributed by atoms with Crippen molar-refractivity contribution in [3.63, 3.8) is 0 Å². The summed E-state index contributed by atoms with van der Waals surface area (Å²) in [6.07, 6.45) is 2.40. The maximum atomic E-state index is 12.5. The lowest BCUT2D eigenvalue weighted by Gasteiger charge is -2.26. The molecule has 0 aromatic heterocycles. The molecule has 0 aromatic rings. The second-order valence-electron chi connectivity index (χ2n) is 7.08. The van der Waals surface area contributed by atoms with Gasteiger partial charge in [0.25, 0.3) is 0 Å². The van der Waals surface area contributed by atoms with Crippen LogP contribution in [0.25, 0.3) is 0 Å². The molecule has 9 N–H and O–H groups in total. The number of carbonyl (C=O) groups is 4. The van der Waals surface area contributed by atoms with Crippen molar-refractivity contribution in [1.29, 1.82) is 0 Å². The number of nitrogens with two attached hydrogens (primary N) is 2. The lowest BCUT2D eigenvalue weighted by atomic mass is 9.97. The maximum Gasteiger partial charge on any atom is 0.328 e. The fraction of sp³-hybridized carbons (Fsp3) is 0.778. The van der Waals surface area contributed by atoms with Crippen LogP contribution in [0.3, 0.4) is 0 Å². The standard InChI is InChI=1S/C18H35N5O6/c1-4-10(2)14(17(27)22-13(9-24)18(28)29)23-15(25)11(3)21-16(26)12(20)7-5-6-8-19/h10-14,24H,4-9,19-20H2,1-3H3,(H,21,26)(H,22,27)(H,23,25)(H,28,29). The van der Waals surface area contributed by atoms with Gasteiger partial charge in [0.1, 0.15) is 18.1 Å². The fourth-order valence-electron chi connectivity index (χ4n) is 2.45. The number of carboxylic acids is 1. The van der Waals surface area contributed by atoms with Crippen LogP contribution in [0, 0.1) is 5.92 Å². The monoisotopic (exact) mass is 417 g/mol. The summed E-state index contributed by atoms with van der Waals surface area (Å²) < 4.78 is 0. The fourth-order valence-corrected chi connectivity index (χ4v) is 2.45. The third-order valence-corrected chi connectivity index (χ3v) is 4.65. The number of hydrogen-bond acceptors (Lipinski definition) is 7. The van der Waals surface area contributed by atoms with Crippen LogP contribution in [0.5, 0.6) is 0 Å². The summed E-state index contributed by atoms with van der Waals surface area (Å²) in [6.45, 7) is 4.71. The summed E-state index contributed by atoms with van der Waals surface area (Å²) in [6, 6.07) is -4.23. The Bertz CT molecular complexity index is 559. The molecule has 0 bridgehead atoms. The Labute approximate surface area is 171 Å². The van der Waals surface area contributed by atoms with E-state index in [4.69, 9.17) is 21.7 Å². The molecule has 0 spiro atoms. The van der Waals surface area contributed by atoms with Crippen LogP contribution in [0.2, 0.25) is 0 Å². The van der Waals surface area contributed by atoms with Gasteiger partial charge < -0.3 is 37.6 Å². The van der Waals surface area contributed by atoms with Gasteiger partial charge >= 0.3 is 5.97 Å². The first-order valence-corrected chi connectivity index (χ1v) is 9.79. The summed E-state index contributed by atoms with van der Waals surface area (Å²) in [5.41, 5.74) is 11.2. The molecule has 0 fully saturated rings. The lowest BCUT2D eigenvalue weighted by Crippen LogP contribution is -2.58. The molecular formula is C18H35N5O6. The van der Waals surface area contributed by atoms with E-state index in [0.29, 0.717) is 25.8 Å². The molecule has 168 valence electrons. The largest absolute Gasteiger partial charge is 0.480 e. The van der Waals surface area contributed by atoms with Crippen LogP contribution in [-0.2, 0) is 19.2 Å². The third-order valence-electron chi connectivity index (χ3n) is 4.65. The van der Waals surface area contributed by atoms with E-state index < -0.39 is 54.5 Å². The van der Waals surface area contributed by atoms with Crippen molar-refractivity contribution in [2.24, 2.45) is 17.4 Å². The van der Waals surface area contributed by atoms with Gasteiger partial charge in [-0.25, -0.2) is 4.79 Å². The Balaban J connectivity index is 4.94. The number of hydrogen-bond donors (Lipinski definition) is 7. The van der Waals surface area contributed by atoms with E-state index >= 15 is 0 Å². The van der Waals surface area contributed by atoms with Crippen molar-refractivity contribution in [2.45, 2.75) is 70.6 Å². The van der Waals surface area contributed by atoms with Crippen molar-refractivity contribution in [3.8, 4) is 0 Å². The van der Waals surface area contributed by atoms with Crippen molar-refractivity contribution >= 4 is 23.7 Å². The molecule has 0 aliphatic carbocycles. The minimum absolute atomic E-state index is 0.312. The predicted octanol–water partition coefficient (Wildman–Crippen LogP) is -1.96. The molecule has 11 nitrogen and oxygen atoms in total. The Kier molecular flexibility index (Phi) is 12.8. The second kappa shape index (κ2) is 13.9. The number of amides is 3. The topological polar surface area (TPSA) is 197 Å². The molecule has 11 heteroatoms. The SMILES string of the molecule is CCC(C)C(NC(=O)C(C)NC(=O)C(N)CCCCN)C(=O)NC(CO)C(=O)O. The minimum atomic E-state index is -1.48. The van der Waals surface area contributed by atoms with Crippen molar-refractivity contribution in [3.05, 3.63) is 0 Å². The van der Waals surface area contributed by atoms with Gasteiger partial charge in [-0.3, -0.25) is 14.4 Å². The molecule has 0 saturated carbocycles. The summed E-state index contributed by atoms with van der Waals surface area (Å²) in [4.78, 5) is 48.0. The zero-order valence-corrected chi connectivity index (χ0v) is 17.3. The molecule has 0 aliphatic heterocycles. The first kappa shape index (κ1) is 26.8. The smallest absolute Gasteiger partial charge is 0.328 e. The molecule has 5 atom stereocenters. The van der Waals surface area contributed by atoms with E-state index in [-0.39, 0.29) is 5.92 Å². The van der Waals surface area contributed by atoms with E-state index in [1.165, 1.54) is 6.92 Å². The number of aliphatic hydroxyl groups is 1. The molecule has 0 heterocycles. The van der Waals surface area contributed by atoms with Crippen LogP contribution < -0.4 is 27.4 Å². The molecule has 0 radical (unpaired) electrons. The van der Waals surface area contributed by atoms with Gasteiger partial charge in [0.2, 0.25) is 17.7 Å². The Hall–Kier alpha value is -2.24. The average molecular weight is 418 g/mol. The highest BCUT2D eigenvalue weighted by Crippen LogP contribution is 2.09. The van der Waals surface area contributed by atoms with Crippen LogP contribution in [0.15, 0.2) is 0 Å². The Morgan fingerprint density at radius 2 is 1.59 bits per heavy atom. The van der Waals surface area contributed by atoms with Crippen LogP contribution in [0.4, 0.5) is 0 Å². The number of nitrogens with one attached hydrogen (secondary N) is 3. The van der Waals surface area contributed by atoms with Gasteiger partial charge in [0, 0.05) is 0 Å². The quantitative estimate of drug-likeness (QED) is 0.158.